The number of fused-ring (bicyclic) bond motifs is 1. The number of rotatable bonds is 4. The zero-order valence-corrected chi connectivity index (χ0v) is 13.1. The minimum Gasteiger partial charge on any atom is -0.457 e. The van der Waals surface area contributed by atoms with Crippen LogP contribution in [0.4, 0.5) is 5.69 Å². The van der Waals surface area contributed by atoms with Crippen molar-refractivity contribution >= 4 is 22.6 Å². The molecule has 0 saturated heterocycles. The van der Waals surface area contributed by atoms with E-state index in [4.69, 9.17) is 4.74 Å². The average Bonchev–Trinajstić information content (AvgIpc) is 3.09. The Bertz CT molecular complexity index is 977. The molecule has 2 N–H and O–H groups in total. The molecule has 0 saturated carbocycles. The predicted octanol–water partition coefficient (Wildman–Crippen LogP) is 4.00. The number of pyridine rings is 1. The van der Waals surface area contributed by atoms with Gasteiger partial charge in [-0.25, -0.2) is 4.98 Å². The van der Waals surface area contributed by atoms with Crippen molar-refractivity contribution in [3.05, 3.63) is 78.9 Å². The largest absolute Gasteiger partial charge is 0.457 e. The predicted molar refractivity (Wildman–Crippen MR) is 94.8 cm³/mol. The zero-order valence-electron chi connectivity index (χ0n) is 13.1. The molecule has 1 amide bonds. The van der Waals surface area contributed by atoms with E-state index in [1.807, 2.05) is 24.3 Å². The van der Waals surface area contributed by atoms with Crippen molar-refractivity contribution in [1.82, 2.24) is 15.0 Å². The number of benzene rings is 2. The van der Waals surface area contributed by atoms with Crippen LogP contribution in [0, 0.1) is 0 Å². The number of nitrogens with zero attached hydrogens (tertiary/aromatic N) is 2. The number of amides is 1. The lowest BCUT2D eigenvalue weighted by atomic mass is 10.3. The summed E-state index contributed by atoms with van der Waals surface area (Å²) in [5.74, 6) is 1.36. The van der Waals surface area contributed by atoms with Gasteiger partial charge in [0.25, 0.3) is 5.91 Å². The minimum atomic E-state index is -0.293. The maximum Gasteiger partial charge on any atom is 0.291 e. The molecule has 2 heterocycles. The number of para-hydroxylation sites is 2. The van der Waals surface area contributed by atoms with E-state index in [0.717, 1.165) is 11.0 Å². The second-order valence-electron chi connectivity index (χ2n) is 5.37. The summed E-state index contributed by atoms with van der Waals surface area (Å²) in [6.07, 6.45) is 3.33. The highest BCUT2D eigenvalue weighted by Crippen LogP contribution is 2.22. The number of carbonyl (C=O) groups excluding carboxylic acids is 1. The van der Waals surface area contributed by atoms with Crippen LogP contribution in [0.15, 0.2) is 73.1 Å². The third-order valence-corrected chi connectivity index (χ3v) is 3.60. The van der Waals surface area contributed by atoms with Crippen molar-refractivity contribution in [2.75, 3.05) is 5.32 Å². The van der Waals surface area contributed by atoms with Crippen LogP contribution >= 0.6 is 0 Å². The Balaban J connectivity index is 1.46. The number of anilines is 1. The summed E-state index contributed by atoms with van der Waals surface area (Å²) in [6, 6.07) is 18.2. The van der Waals surface area contributed by atoms with E-state index in [0.29, 0.717) is 17.2 Å². The molecule has 0 unspecified atom stereocenters. The number of aromatic amines is 1. The van der Waals surface area contributed by atoms with Crippen LogP contribution in [-0.4, -0.2) is 20.9 Å². The topological polar surface area (TPSA) is 79.9 Å². The third-order valence-electron chi connectivity index (χ3n) is 3.60. The van der Waals surface area contributed by atoms with Crippen LogP contribution in [0.5, 0.6) is 11.5 Å². The molecule has 0 aliphatic heterocycles. The van der Waals surface area contributed by atoms with E-state index >= 15 is 0 Å². The monoisotopic (exact) mass is 330 g/mol. The van der Waals surface area contributed by atoms with Crippen LogP contribution in [0.2, 0.25) is 0 Å². The van der Waals surface area contributed by atoms with E-state index in [1.165, 1.54) is 0 Å². The number of H-pyrrole nitrogens is 1. The fourth-order valence-corrected chi connectivity index (χ4v) is 2.40. The molecule has 2 aromatic heterocycles. The molecule has 0 aliphatic carbocycles. The fraction of sp³-hybridized carbons (Fsp3) is 0. The van der Waals surface area contributed by atoms with Gasteiger partial charge >= 0.3 is 0 Å². The van der Waals surface area contributed by atoms with Crippen LogP contribution in [0.25, 0.3) is 11.0 Å². The normalized spacial score (nSPS) is 10.6. The van der Waals surface area contributed by atoms with Gasteiger partial charge in [-0.1, -0.05) is 12.1 Å². The SMILES string of the molecule is O=C(Nc1ccc(Oc2ccncc2)cc1)c1nc2ccccc2[nH]1. The highest BCUT2D eigenvalue weighted by atomic mass is 16.5. The van der Waals surface area contributed by atoms with Crippen molar-refractivity contribution in [2.24, 2.45) is 0 Å². The number of carbonyl (C=O) groups is 1. The van der Waals surface area contributed by atoms with E-state index in [1.54, 1.807) is 48.8 Å². The van der Waals surface area contributed by atoms with E-state index in [9.17, 15) is 4.79 Å². The minimum absolute atomic E-state index is 0.276. The van der Waals surface area contributed by atoms with Crippen molar-refractivity contribution in [1.29, 1.82) is 0 Å². The number of hydrogen-bond donors (Lipinski definition) is 2. The van der Waals surface area contributed by atoms with Gasteiger partial charge in [0.1, 0.15) is 11.5 Å². The van der Waals surface area contributed by atoms with Gasteiger partial charge in [0.2, 0.25) is 0 Å². The van der Waals surface area contributed by atoms with Crippen LogP contribution in [-0.2, 0) is 0 Å². The Hall–Kier alpha value is -3.67. The quantitative estimate of drug-likeness (QED) is 0.592. The van der Waals surface area contributed by atoms with Gasteiger partial charge in [0, 0.05) is 18.1 Å². The Morgan fingerprint density at radius 3 is 2.40 bits per heavy atom. The summed E-state index contributed by atoms with van der Waals surface area (Å²) in [5, 5.41) is 2.81. The second kappa shape index (κ2) is 6.45. The summed E-state index contributed by atoms with van der Waals surface area (Å²) in [4.78, 5) is 23.5. The Morgan fingerprint density at radius 1 is 0.920 bits per heavy atom. The molecule has 0 radical (unpaired) electrons. The van der Waals surface area contributed by atoms with Gasteiger partial charge < -0.3 is 15.0 Å². The van der Waals surface area contributed by atoms with E-state index in [-0.39, 0.29) is 11.7 Å². The average molecular weight is 330 g/mol. The lowest BCUT2D eigenvalue weighted by Gasteiger charge is -2.07. The standard InChI is InChI=1S/C19H14N4O2/c24-19(18-22-16-3-1-2-4-17(16)23-18)21-13-5-7-14(8-6-13)25-15-9-11-20-12-10-15/h1-12H,(H,21,24)(H,22,23). The molecule has 0 bridgehead atoms. The molecule has 4 aromatic rings. The molecule has 0 fully saturated rings. The number of ether oxygens (including phenoxy) is 1. The van der Waals surface area contributed by atoms with Crippen molar-refractivity contribution in [3.8, 4) is 11.5 Å². The fourth-order valence-electron chi connectivity index (χ4n) is 2.40. The van der Waals surface area contributed by atoms with Crippen molar-refractivity contribution in [2.45, 2.75) is 0 Å². The number of nitrogens with one attached hydrogen (secondary N) is 2. The molecular formula is C19H14N4O2. The van der Waals surface area contributed by atoms with Gasteiger partial charge in [-0.05, 0) is 48.5 Å². The summed E-state index contributed by atoms with van der Waals surface area (Å²) in [7, 11) is 0. The molecule has 0 atom stereocenters. The summed E-state index contributed by atoms with van der Waals surface area (Å²) in [5.41, 5.74) is 2.25. The first-order valence-corrected chi connectivity index (χ1v) is 7.72. The molecule has 4 rings (SSSR count). The highest BCUT2D eigenvalue weighted by Gasteiger charge is 2.11. The molecule has 122 valence electrons. The van der Waals surface area contributed by atoms with Gasteiger partial charge in [0.15, 0.2) is 5.82 Å². The van der Waals surface area contributed by atoms with Crippen molar-refractivity contribution < 1.29 is 9.53 Å². The first-order valence-electron chi connectivity index (χ1n) is 7.72. The van der Waals surface area contributed by atoms with Crippen LogP contribution in [0.3, 0.4) is 0 Å². The lowest BCUT2D eigenvalue weighted by Crippen LogP contribution is -2.13. The lowest BCUT2D eigenvalue weighted by molar-refractivity contribution is 0.101. The molecular weight excluding hydrogens is 316 g/mol. The molecule has 2 aromatic carbocycles. The van der Waals surface area contributed by atoms with E-state index < -0.39 is 0 Å². The molecule has 25 heavy (non-hydrogen) atoms. The van der Waals surface area contributed by atoms with Gasteiger partial charge in [-0.15, -0.1) is 0 Å². The van der Waals surface area contributed by atoms with Gasteiger partial charge in [0.05, 0.1) is 11.0 Å². The zero-order chi connectivity index (χ0) is 17.1. The molecule has 6 heteroatoms. The maximum atomic E-state index is 12.3. The molecule has 6 nitrogen and oxygen atoms in total. The third kappa shape index (κ3) is 3.32. The van der Waals surface area contributed by atoms with Crippen molar-refractivity contribution in [3.63, 3.8) is 0 Å². The number of hydrogen-bond acceptors (Lipinski definition) is 4. The maximum absolute atomic E-state index is 12.3. The molecule has 0 aliphatic rings. The first kappa shape index (κ1) is 14.9. The van der Waals surface area contributed by atoms with Crippen LogP contribution in [0.1, 0.15) is 10.6 Å². The summed E-state index contributed by atoms with van der Waals surface area (Å²) in [6.45, 7) is 0. The summed E-state index contributed by atoms with van der Waals surface area (Å²) >= 11 is 0. The van der Waals surface area contributed by atoms with Gasteiger partial charge in [-0.3, -0.25) is 9.78 Å². The Labute approximate surface area is 143 Å². The Morgan fingerprint density at radius 2 is 1.64 bits per heavy atom. The number of imidazole rings is 1. The number of aromatic nitrogens is 3. The highest BCUT2D eigenvalue weighted by molar-refractivity contribution is 6.03. The second-order valence-corrected chi connectivity index (χ2v) is 5.37. The smallest absolute Gasteiger partial charge is 0.291 e. The first-order chi connectivity index (χ1) is 12.3. The molecule has 0 spiro atoms. The van der Waals surface area contributed by atoms with Crippen LogP contribution < -0.4 is 10.1 Å². The van der Waals surface area contributed by atoms with Gasteiger partial charge in [-0.2, -0.15) is 0 Å². The summed E-state index contributed by atoms with van der Waals surface area (Å²) < 4.78 is 5.69. The Kier molecular flexibility index (Phi) is 3.84. The van der Waals surface area contributed by atoms with E-state index in [2.05, 4.69) is 20.3 Å².